The molecule has 1 aliphatic rings. The van der Waals surface area contributed by atoms with Crippen LogP contribution in [-0.4, -0.2) is 35.7 Å². The zero-order valence-corrected chi connectivity index (χ0v) is 13.1. The minimum Gasteiger partial charge on any atom is -0.508 e. The smallest absolute Gasteiger partial charge is 0.123 e. The van der Waals surface area contributed by atoms with Gasteiger partial charge in [-0.2, -0.15) is 0 Å². The minimum absolute atomic E-state index is 0.0228. The van der Waals surface area contributed by atoms with Gasteiger partial charge in [-0.25, -0.2) is 4.39 Å². The van der Waals surface area contributed by atoms with Crippen molar-refractivity contribution in [2.45, 2.75) is 51.6 Å². The molecule has 0 aromatic heterocycles. The molecule has 4 heteroatoms. The maximum absolute atomic E-state index is 13.5. The molecule has 1 fully saturated rings. The Morgan fingerprint density at radius 1 is 1.48 bits per heavy atom. The molecule has 2 rings (SSSR count). The number of hydrogen-bond acceptors (Lipinski definition) is 3. The molecule has 2 unspecified atom stereocenters. The third kappa shape index (κ3) is 4.42. The minimum atomic E-state index is -0.288. The summed E-state index contributed by atoms with van der Waals surface area (Å²) in [5.74, 6) is -0.103. The number of aromatic hydroxyl groups is 1. The molecule has 1 heterocycles. The number of phenols is 1. The fourth-order valence-electron chi connectivity index (χ4n) is 3.06. The molecular weight excluding hydrogens is 267 g/mol. The predicted octanol–water partition coefficient (Wildman–Crippen LogP) is 3.45. The molecule has 1 aromatic carbocycles. The summed E-state index contributed by atoms with van der Waals surface area (Å²) in [5.41, 5.74) is 0.684. The number of rotatable bonds is 7. The van der Waals surface area contributed by atoms with Crippen LogP contribution in [-0.2, 0) is 0 Å². The van der Waals surface area contributed by atoms with Crippen molar-refractivity contribution in [3.05, 3.63) is 29.6 Å². The Balaban J connectivity index is 2.11. The van der Waals surface area contributed by atoms with Crippen LogP contribution in [0.25, 0.3) is 0 Å². The topological polar surface area (TPSA) is 35.5 Å². The van der Waals surface area contributed by atoms with Crippen molar-refractivity contribution in [1.29, 1.82) is 0 Å². The van der Waals surface area contributed by atoms with Crippen LogP contribution in [0.2, 0.25) is 0 Å². The quantitative estimate of drug-likeness (QED) is 0.808. The first kappa shape index (κ1) is 16.2. The molecule has 0 spiro atoms. The Kier molecular flexibility index (Phi) is 6.00. The van der Waals surface area contributed by atoms with Gasteiger partial charge in [0, 0.05) is 24.2 Å². The molecule has 1 aliphatic heterocycles. The lowest BCUT2D eigenvalue weighted by molar-refractivity contribution is 0.186. The average molecular weight is 294 g/mol. The van der Waals surface area contributed by atoms with Crippen molar-refractivity contribution in [2.24, 2.45) is 0 Å². The highest BCUT2D eigenvalue weighted by atomic mass is 19.1. The van der Waals surface area contributed by atoms with E-state index in [1.165, 1.54) is 31.0 Å². The summed E-state index contributed by atoms with van der Waals surface area (Å²) >= 11 is 0. The zero-order valence-electron chi connectivity index (χ0n) is 13.1. The van der Waals surface area contributed by atoms with Gasteiger partial charge < -0.3 is 10.4 Å². The number of unbranched alkanes of at least 4 members (excludes halogenated alkanes) is 1. The Morgan fingerprint density at radius 3 is 2.95 bits per heavy atom. The Bertz CT molecular complexity index is 446. The molecule has 3 nitrogen and oxygen atoms in total. The first-order chi connectivity index (χ1) is 10.1. The summed E-state index contributed by atoms with van der Waals surface area (Å²) in [6.45, 7) is 7.25. The van der Waals surface area contributed by atoms with E-state index in [4.69, 9.17) is 0 Å². The van der Waals surface area contributed by atoms with Gasteiger partial charge in [0.2, 0.25) is 0 Å². The summed E-state index contributed by atoms with van der Waals surface area (Å²) in [6, 6.07) is 4.75. The van der Waals surface area contributed by atoms with Crippen LogP contribution in [0.5, 0.6) is 5.75 Å². The zero-order chi connectivity index (χ0) is 15.2. The predicted molar refractivity (Wildman–Crippen MR) is 84.0 cm³/mol. The lowest BCUT2D eigenvalue weighted by atomic mass is 10.0. The summed E-state index contributed by atoms with van der Waals surface area (Å²) < 4.78 is 13.5. The van der Waals surface area contributed by atoms with Gasteiger partial charge in [-0.05, 0) is 57.5 Å². The van der Waals surface area contributed by atoms with E-state index in [9.17, 15) is 9.50 Å². The highest BCUT2D eigenvalue weighted by Gasteiger charge is 2.23. The Morgan fingerprint density at radius 2 is 2.29 bits per heavy atom. The fraction of sp³-hybridized carbons (Fsp3) is 0.647. The third-order valence-corrected chi connectivity index (χ3v) is 4.40. The van der Waals surface area contributed by atoms with E-state index < -0.39 is 0 Å². The highest BCUT2D eigenvalue weighted by Crippen LogP contribution is 2.30. The molecule has 2 N–H and O–H groups in total. The van der Waals surface area contributed by atoms with E-state index in [0.29, 0.717) is 11.6 Å². The summed E-state index contributed by atoms with van der Waals surface area (Å²) in [7, 11) is 0. The third-order valence-electron chi connectivity index (χ3n) is 4.40. The molecule has 0 aliphatic carbocycles. The van der Waals surface area contributed by atoms with Crippen LogP contribution in [0.4, 0.5) is 4.39 Å². The van der Waals surface area contributed by atoms with Crippen molar-refractivity contribution < 1.29 is 9.50 Å². The lowest BCUT2D eigenvalue weighted by Gasteiger charge is -2.32. The molecule has 21 heavy (non-hydrogen) atoms. The van der Waals surface area contributed by atoms with Crippen molar-refractivity contribution in [2.75, 3.05) is 19.6 Å². The van der Waals surface area contributed by atoms with Crippen LogP contribution >= 0.6 is 0 Å². The van der Waals surface area contributed by atoms with E-state index in [1.807, 2.05) is 0 Å². The standard InChI is InChI=1S/C17H27FN2O/c1-3-4-10-20(12-15-6-5-9-19-15)13(2)16-11-14(18)7-8-17(16)21/h7-8,11,13,15,19,21H,3-6,9-10,12H2,1-2H3. The largest absolute Gasteiger partial charge is 0.508 e. The van der Waals surface area contributed by atoms with E-state index in [1.54, 1.807) is 0 Å². The van der Waals surface area contributed by atoms with Gasteiger partial charge in [0.05, 0.1) is 0 Å². The summed E-state index contributed by atoms with van der Waals surface area (Å²) in [4.78, 5) is 2.36. The second kappa shape index (κ2) is 7.76. The molecule has 0 amide bonds. The average Bonchev–Trinajstić information content (AvgIpc) is 2.98. The lowest BCUT2D eigenvalue weighted by Crippen LogP contribution is -2.39. The number of nitrogens with zero attached hydrogens (tertiary/aromatic N) is 1. The van der Waals surface area contributed by atoms with Crippen LogP contribution in [0.15, 0.2) is 18.2 Å². The molecule has 1 saturated heterocycles. The molecule has 2 atom stereocenters. The summed E-state index contributed by atoms with van der Waals surface area (Å²) in [6.07, 6.45) is 4.68. The number of hydrogen-bond donors (Lipinski definition) is 2. The molecule has 1 aromatic rings. The Hall–Kier alpha value is -1.13. The van der Waals surface area contributed by atoms with Crippen molar-refractivity contribution in [1.82, 2.24) is 10.2 Å². The van der Waals surface area contributed by atoms with E-state index >= 15 is 0 Å². The van der Waals surface area contributed by atoms with Gasteiger partial charge in [0.15, 0.2) is 0 Å². The van der Waals surface area contributed by atoms with Crippen LogP contribution in [0.1, 0.15) is 51.1 Å². The molecule has 0 saturated carbocycles. The maximum atomic E-state index is 13.5. The van der Waals surface area contributed by atoms with Gasteiger partial charge in [0.1, 0.15) is 11.6 Å². The van der Waals surface area contributed by atoms with Crippen molar-refractivity contribution >= 4 is 0 Å². The number of halogens is 1. The van der Waals surface area contributed by atoms with Gasteiger partial charge in [-0.15, -0.1) is 0 Å². The number of nitrogens with one attached hydrogen (secondary N) is 1. The highest BCUT2D eigenvalue weighted by molar-refractivity contribution is 5.35. The molecule has 118 valence electrons. The maximum Gasteiger partial charge on any atom is 0.123 e. The monoisotopic (exact) mass is 294 g/mol. The molecule has 0 radical (unpaired) electrons. The van der Waals surface area contributed by atoms with Crippen molar-refractivity contribution in [3.8, 4) is 5.75 Å². The van der Waals surface area contributed by atoms with Gasteiger partial charge in [0.25, 0.3) is 0 Å². The van der Waals surface area contributed by atoms with E-state index in [0.717, 1.165) is 32.5 Å². The Labute approximate surface area is 127 Å². The van der Waals surface area contributed by atoms with Crippen LogP contribution in [0, 0.1) is 5.82 Å². The van der Waals surface area contributed by atoms with Gasteiger partial charge in [-0.1, -0.05) is 13.3 Å². The van der Waals surface area contributed by atoms with E-state index in [2.05, 4.69) is 24.1 Å². The second-order valence-electron chi connectivity index (χ2n) is 6.02. The fourth-order valence-corrected chi connectivity index (χ4v) is 3.06. The first-order valence-corrected chi connectivity index (χ1v) is 8.07. The SMILES string of the molecule is CCCCN(CC1CCCN1)C(C)c1cc(F)ccc1O. The van der Waals surface area contributed by atoms with Gasteiger partial charge >= 0.3 is 0 Å². The first-order valence-electron chi connectivity index (χ1n) is 8.07. The normalized spacial score (nSPS) is 20.1. The van der Waals surface area contributed by atoms with E-state index in [-0.39, 0.29) is 17.6 Å². The van der Waals surface area contributed by atoms with Crippen LogP contribution < -0.4 is 5.32 Å². The van der Waals surface area contributed by atoms with Gasteiger partial charge in [-0.3, -0.25) is 4.90 Å². The van der Waals surface area contributed by atoms with Crippen molar-refractivity contribution in [3.63, 3.8) is 0 Å². The molecular formula is C17H27FN2O. The van der Waals surface area contributed by atoms with Crippen LogP contribution in [0.3, 0.4) is 0 Å². The second-order valence-corrected chi connectivity index (χ2v) is 6.02. The summed E-state index contributed by atoms with van der Waals surface area (Å²) in [5, 5.41) is 13.5. The molecule has 0 bridgehead atoms. The number of phenolic OH excluding ortho intramolecular Hbond substituents is 1. The number of benzene rings is 1.